The summed E-state index contributed by atoms with van der Waals surface area (Å²) in [6, 6.07) is 7.79. The van der Waals surface area contributed by atoms with Crippen molar-refractivity contribution in [3.8, 4) is 0 Å². The standard InChI is InChI=1S/C18H20N4O5/c1-26-17(24)14-5-2-4-13(10-14)11-22-15(12-27-18(22)25)16(23)19-7-9-21-8-3-6-20-21/h2-6,8,10,15H,7,9,11-12H2,1H3,(H,19,23)/t15-/m0/s1. The van der Waals surface area contributed by atoms with Crippen molar-refractivity contribution in [2.45, 2.75) is 19.1 Å². The summed E-state index contributed by atoms with van der Waals surface area (Å²) in [6.07, 6.45) is 2.90. The SMILES string of the molecule is COC(=O)c1cccc(CN2C(=O)OC[C@H]2C(=O)NCCn2cccn2)c1. The minimum Gasteiger partial charge on any atom is -0.465 e. The van der Waals surface area contributed by atoms with E-state index in [-0.39, 0.29) is 19.1 Å². The minimum atomic E-state index is -0.725. The van der Waals surface area contributed by atoms with Crippen LogP contribution < -0.4 is 5.32 Å². The highest BCUT2D eigenvalue weighted by Gasteiger charge is 2.37. The molecule has 0 aliphatic carbocycles. The molecule has 1 aromatic heterocycles. The number of nitrogens with one attached hydrogen (secondary N) is 1. The number of methoxy groups -OCH3 is 1. The second-order valence-electron chi connectivity index (χ2n) is 5.97. The number of esters is 1. The average molecular weight is 372 g/mol. The van der Waals surface area contributed by atoms with Gasteiger partial charge in [0.25, 0.3) is 0 Å². The van der Waals surface area contributed by atoms with Crippen LogP contribution in [0.15, 0.2) is 42.7 Å². The number of hydrogen-bond donors (Lipinski definition) is 1. The van der Waals surface area contributed by atoms with Crippen molar-refractivity contribution in [2.24, 2.45) is 0 Å². The normalized spacial score (nSPS) is 16.1. The molecule has 9 heteroatoms. The summed E-state index contributed by atoms with van der Waals surface area (Å²) in [4.78, 5) is 37.5. The van der Waals surface area contributed by atoms with Crippen LogP contribution in [0.3, 0.4) is 0 Å². The smallest absolute Gasteiger partial charge is 0.410 e. The van der Waals surface area contributed by atoms with E-state index in [1.54, 1.807) is 47.4 Å². The first-order valence-corrected chi connectivity index (χ1v) is 8.44. The Bertz CT molecular complexity index is 821. The van der Waals surface area contributed by atoms with Gasteiger partial charge in [-0.3, -0.25) is 14.4 Å². The van der Waals surface area contributed by atoms with E-state index in [0.717, 1.165) is 0 Å². The first-order chi connectivity index (χ1) is 13.1. The fourth-order valence-electron chi connectivity index (χ4n) is 2.80. The summed E-state index contributed by atoms with van der Waals surface area (Å²) in [7, 11) is 1.30. The van der Waals surface area contributed by atoms with Crippen molar-refractivity contribution >= 4 is 18.0 Å². The van der Waals surface area contributed by atoms with Crippen LogP contribution in [0.4, 0.5) is 4.79 Å². The summed E-state index contributed by atoms with van der Waals surface area (Å²) >= 11 is 0. The Kier molecular flexibility index (Phi) is 5.70. The van der Waals surface area contributed by atoms with Crippen molar-refractivity contribution in [3.05, 3.63) is 53.9 Å². The molecule has 0 unspecified atom stereocenters. The van der Waals surface area contributed by atoms with Crippen molar-refractivity contribution in [3.63, 3.8) is 0 Å². The number of cyclic esters (lactones) is 1. The van der Waals surface area contributed by atoms with Crippen LogP contribution in [0, 0.1) is 0 Å². The molecule has 1 aliphatic rings. The number of aromatic nitrogens is 2. The summed E-state index contributed by atoms with van der Waals surface area (Å²) in [5, 5.41) is 6.85. The summed E-state index contributed by atoms with van der Waals surface area (Å²) < 4.78 is 11.4. The predicted octanol–water partition coefficient (Wildman–Crippen LogP) is 0.807. The lowest BCUT2D eigenvalue weighted by molar-refractivity contribution is -0.125. The van der Waals surface area contributed by atoms with Crippen molar-refractivity contribution in [1.82, 2.24) is 20.0 Å². The van der Waals surface area contributed by atoms with Gasteiger partial charge in [-0.1, -0.05) is 12.1 Å². The molecule has 1 fully saturated rings. The van der Waals surface area contributed by atoms with Gasteiger partial charge in [0.05, 0.1) is 25.8 Å². The molecule has 2 heterocycles. The predicted molar refractivity (Wildman–Crippen MR) is 93.7 cm³/mol. The van der Waals surface area contributed by atoms with Gasteiger partial charge in [-0.25, -0.2) is 9.59 Å². The molecule has 2 aromatic rings. The summed E-state index contributed by atoms with van der Waals surface area (Å²) in [5.41, 5.74) is 1.08. The first-order valence-electron chi connectivity index (χ1n) is 8.44. The van der Waals surface area contributed by atoms with Crippen molar-refractivity contribution in [2.75, 3.05) is 20.3 Å². The molecule has 3 rings (SSSR count). The number of hydrogen-bond acceptors (Lipinski definition) is 6. The number of benzene rings is 1. The minimum absolute atomic E-state index is 0.0108. The molecule has 0 radical (unpaired) electrons. The third-order valence-corrected chi connectivity index (χ3v) is 4.18. The fraction of sp³-hybridized carbons (Fsp3) is 0.333. The molecule has 2 amide bonds. The number of carbonyl (C=O) groups excluding carboxylic acids is 3. The van der Waals surface area contributed by atoms with Gasteiger partial charge in [0.1, 0.15) is 12.6 Å². The quantitative estimate of drug-likeness (QED) is 0.722. The second-order valence-corrected chi connectivity index (χ2v) is 5.97. The Balaban J connectivity index is 1.62. The molecule has 27 heavy (non-hydrogen) atoms. The van der Waals surface area contributed by atoms with Crippen LogP contribution in [0.1, 0.15) is 15.9 Å². The molecule has 0 bridgehead atoms. The van der Waals surface area contributed by atoms with Crippen molar-refractivity contribution < 1.29 is 23.9 Å². The van der Waals surface area contributed by atoms with Crippen LogP contribution in [0.5, 0.6) is 0 Å². The van der Waals surface area contributed by atoms with E-state index < -0.39 is 18.1 Å². The number of nitrogens with zero attached hydrogens (tertiary/aromatic N) is 3. The molecule has 9 nitrogen and oxygen atoms in total. The van der Waals surface area contributed by atoms with Gasteiger partial charge in [-0.15, -0.1) is 0 Å². The topological polar surface area (TPSA) is 103 Å². The number of carbonyl (C=O) groups is 3. The molecule has 1 aromatic carbocycles. The lowest BCUT2D eigenvalue weighted by atomic mass is 10.1. The second kappa shape index (κ2) is 8.35. The molecule has 1 saturated heterocycles. The largest absolute Gasteiger partial charge is 0.465 e. The summed E-state index contributed by atoms with van der Waals surface area (Å²) in [6.45, 7) is 1.06. The van der Waals surface area contributed by atoms with E-state index in [9.17, 15) is 14.4 Å². The van der Waals surface area contributed by atoms with Crippen LogP contribution in [-0.4, -0.2) is 59.0 Å². The monoisotopic (exact) mass is 372 g/mol. The van der Waals surface area contributed by atoms with Crippen LogP contribution in [0.2, 0.25) is 0 Å². The van der Waals surface area contributed by atoms with Gasteiger partial charge < -0.3 is 14.8 Å². The Labute approximate surface area is 155 Å². The number of amides is 2. The maximum absolute atomic E-state index is 12.5. The zero-order valence-corrected chi connectivity index (χ0v) is 14.8. The van der Waals surface area contributed by atoms with Gasteiger partial charge in [0.2, 0.25) is 5.91 Å². The lowest BCUT2D eigenvalue weighted by Crippen LogP contribution is -2.46. The molecule has 142 valence electrons. The third kappa shape index (κ3) is 4.43. The van der Waals surface area contributed by atoms with Crippen LogP contribution in [-0.2, 0) is 27.4 Å². The maximum Gasteiger partial charge on any atom is 0.410 e. The highest BCUT2D eigenvalue weighted by molar-refractivity contribution is 5.90. The number of rotatable bonds is 7. The Hall–Kier alpha value is -3.36. The zero-order chi connectivity index (χ0) is 19.2. The Morgan fingerprint density at radius 2 is 2.22 bits per heavy atom. The third-order valence-electron chi connectivity index (χ3n) is 4.18. The van der Waals surface area contributed by atoms with Crippen molar-refractivity contribution in [1.29, 1.82) is 0 Å². The van der Waals surface area contributed by atoms with Gasteiger partial charge in [-0.05, 0) is 23.8 Å². The number of ether oxygens (including phenoxy) is 2. The van der Waals surface area contributed by atoms with E-state index in [1.165, 1.54) is 12.0 Å². The zero-order valence-electron chi connectivity index (χ0n) is 14.8. The highest BCUT2D eigenvalue weighted by Crippen LogP contribution is 2.18. The first kappa shape index (κ1) is 18.4. The van der Waals surface area contributed by atoms with Gasteiger partial charge in [0, 0.05) is 18.9 Å². The maximum atomic E-state index is 12.5. The van der Waals surface area contributed by atoms with Crippen LogP contribution >= 0.6 is 0 Å². The van der Waals surface area contributed by atoms with Gasteiger partial charge in [0.15, 0.2) is 0 Å². The molecular weight excluding hydrogens is 352 g/mol. The van der Waals surface area contributed by atoms with E-state index in [2.05, 4.69) is 10.4 Å². The fourth-order valence-corrected chi connectivity index (χ4v) is 2.80. The van der Waals surface area contributed by atoms with Crippen LogP contribution in [0.25, 0.3) is 0 Å². The van der Waals surface area contributed by atoms with E-state index in [4.69, 9.17) is 9.47 Å². The Morgan fingerprint density at radius 3 is 2.96 bits per heavy atom. The highest BCUT2D eigenvalue weighted by atomic mass is 16.6. The molecule has 0 saturated carbocycles. The molecule has 1 N–H and O–H groups in total. The van der Waals surface area contributed by atoms with Gasteiger partial charge in [-0.2, -0.15) is 5.10 Å². The molecule has 1 atom stereocenters. The summed E-state index contributed by atoms with van der Waals surface area (Å²) in [5.74, 6) is -0.758. The molecule has 1 aliphatic heterocycles. The van der Waals surface area contributed by atoms with E-state index in [1.807, 2.05) is 0 Å². The van der Waals surface area contributed by atoms with Gasteiger partial charge >= 0.3 is 12.1 Å². The average Bonchev–Trinajstić information content (AvgIpc) is 3.32. The molecule has 0 spiro atoms. The lowest BCUT2D eigenvalue weighted by Gasteiger charge is -2.21. The van der Waals surface area contributed by atoms with E-state index >= 15 is 0 Å². The Morgan fingerprint density at radius 1 is 1.37 bits per heavy atom. The van der Waals surface area contributed by atoms with E-state index in [0.29, 0.717) is 24.2 Å². The molecular formula is C18H20N4O5.